The van der Waals surface area contributed by atoms with Crippen molar-refractivity contribution in [2.75, 3.05) is 39.0 Å². The molecule has 0 saturated carbocycles. The highest BCUT2D eigenvalue weighted by atomic mass is 16.6. The molecule has 1 amide bonds. The van der Waals surface area contributed by atoms with Gasteiger partial charge in [-0.2, -0.15) is 0 Å². The van der Waals surface area contributed by atoms with Crippen molar-refractivity contribution in [2.24, 2.45) is 5.16 Å². The van der Waals surface area contributed by atoms with Crippen molar-refractivity contribution in [1.29, 1.82) is 0 Å². The van der Waals surface area contributed by atoms with Gasteiger partial charge in [-0.25, -0.2) is 4.98 Å². The molecule has 2 N–H and O–H groups in total. The first-order valence-electron chi connectivity index (χ1n) is 10.6. The van der Waals surface area contributed by atoms with Crippen molar-refractivity contribution in [3.63, 3.8) is 0 Å². The Bertz CT molecular complexity index is 1080. The van der Waals surface area contributed by atoms with Crippen LogP contribution >= 0.6 is 0 Å². The first kappa shape index (κ1) is 21.5. The lowest BCUT2D eigenvalue weighted by Gasteiger charge is -2.34. The topological polar surface area (TPSA) is 84.0 Å². The molecule has 0 atom stereocenters. The van der Waals surface area contributed by atoms with Crippen LogP contribution in [-0.4, -0.2) is 59.7 Å². The van der Waals surface area contributed by atoms with E-state index in [4.69, 9.17) is 10.6 Å². The predicted octanol–water partition coefficient (Wildman–Crippen LogP) is 3.02. The SMILES string of the molecule is CO/N=C(\c1ccccc1)c1ccc(C(=O)N2CCN(Cc3ccnc(N)c3)CC2)cc1. The molecule has 0 bridgehead atoms. The highest BCUT2D eigenvalue weighted by Gasteiger charge is 2.22. The monoisotopic (exact) mass is 429 g/mol. The van der Waals surface area contributed by atoms with E-state index in [1.54, 1.807) is 6.20 Å². The largest absolute Gasteiger partial charge is 0.399 e. The maximum Gasteiger partial charge on any atom is 0.253 e. The van der Waals surface area contributed by atoms with Gasteiger partial charge >= 0.3 is 0 Å². The summed E-state index contributed by atoms with van der Waals surface area (Å²) in [6.07, 6.45) is 1.73. The number of carbonyl (C=O) groups is 1. The molecule has 1 aliphatic heterocycles. The van der Waals surface area contributed by atoms with Crippen LogP contribution in [0.5, 0.6) is 0 Å². The van der Waals surface area contributed by atoms with E-state index in [2.05, 4.69) is 15.0 Å². The van der Waals surface area contributed by atoms with E-state index in [9.17, 15) is 4.79 Å². The predicted molar refractivity (Wildman–Crippen MR) is 125 cm³/mol. The fourth-order valence-corrected chi connectivity index (χ4v) is 3.87. The van der Waals surface area contributed by atoms with E-state index in [1.807, 2.05) is 71.6 Å². The molecule has 0 radical (unpaired) electrons. The second kappa shape index (κ2) is 10.1. The smallest absolute Gasteiger partial charge is 0.253 e. The van der Waals surface area contributed by atoms with Crippen LogP contribution in [0.2, 0.25) is 0 Å². The van der Waals surface area contributed by atoms with E-state index < -0.39 is 0 Å². The average Bonchev–Trinajstić information content (AvgIpc) is 2.83. The minimum absolute atomic E-state index is 0.0503. The van der Waals surface area contributed by atoms with Gasteiger partial charge in [-0.15, -0.1) is 0 Å². The Hall–Kier alpha value is -3.71. The Morgan fingerprint density at radius 2 is 1.62 bits per heavy atom. The number of nitrogen functional groups attached to an aromatic ring is 1. The summed E-state index contributed by atoms with van der Waals surface area (Å²) >= 11 is 0. The number of piperazine rings is 1. The molecule has 3 aromatic rings. The van der Waals surface area contributed by atoms with Gasteiger partial charge in [-0.05, 0) is 29.8 Å². The number of benzene rings is 2. The van der Waals surface area contributed by atoms with Crippen molar-refractivity contribution < 1.29 is 9.63 Å². The van der Waals surface area contributed by atoms with Gasteiger partial charge in [0.15, 0.2) is 0 Å². The standard InChI is InChI=1S/C25H27N5O2/c1-32-28-24(20-5-3-2-4-6-20)21-7-9-22(10-8-21)25(31)30-15-13-29(14-16-30)18-19-11-12-27-23(26)17-19/h2-12,17H,13-16,18H2,1H3,(H2,26,27)/b28-24+. The lowest BCUT2D eigenvalue weighted by Crippen LogP contribution is -2.48. The Labute approximate surface area is 188 Å². The maximum atomic E-state index is 13.0. The van der Waals surface area contributed by atoms with E-state index in [0.29, 0.717) is 24.5 Å². The molecule has 0 unspecified atom stereocenters. The second-order valence-electron chi connectivity index (χ2n) is 7.72. The van der Waals surface area contributed by atoms with Crippen LogP contribution in [0.25, 0.3) is 0 Å². The van der Waals surface area contributed by atoms with Crippen molar-refractivity contribution in [1.82, 2.24) is 14.8 Å². The lowest BCUT2D eigenvalue weighted by atomic mass is 10.0. The summed E-state index contributed by atoms with van der Waals surface area (Å²) in [6.45, 7) is 3.85. The number of anilines is 1. The number of hydrogen-bond acceptors (Lipinski definition) is 6. The summed E-state index contributed by atoms with van der Waals surface area (Å²) in [5.74, 6) is 0.583. The van der Waals surface area contributed by atoms with E-state index in [0.717, 1.165) is 42.0 Å². The fourth-order valence-electron chi connectivity index (χ4n) is 3.87. The molecular formula is C25H27N5O2. The Balaban J connectivity index is 1.38. The highest BCUT2D eigenvalue weighted by Crippen LogP contribution is 2.16. The van der Waals surface area contributed by atoms with Crippen LogP contribution in [0.3, 0.4) is 0 Å². The average molecular weight is 430 g/mol. The number of nitrogens with two attached hydrogens (primary N) is 1. The van der Waals surface area contributed by atoms with Crippen molar-refractivity contribution in [3.05, 3.63) is 95.2 Å². The minimum Gasteiger partial charge on any atom is -0.399 e. The molecule has 1 saturated heterocycles. The first-order valence-corrected chi connectivity index (χ1v) is 10.6. The fraction of sp³-hybridized carbons (Fsp3) is 0.240. The van der Waals surface area contributed by atoms with E-state index in [-0.39, 0.29) is 5.91 Å². The number of aromatic nitrogens is 1. The van der Waals surface area contributed by atoms with Crippen LogP contribution < -0.4 is 5.73 Å². The van der Waals surface area contributed by atoms with Gasteiger partial charge in [-0.1, -0.05) is 47.6 Å². The van der Waals surface area contributed by atoms with Crippen LogP contribution in [-0.2, 0) is 11.4 Å². The Morgan fingerprint density at radius 3 is 2.28 bits per heavy atom. The molecule has 0 aliphatic carbocycles. The van der Waals surface area contributed by atoms with Gasteiger partial charge in [0.1, 0.15) is 18.6 Å². The molecule has 32 heavy (non-hydrogen) atoms. The van der Waals surface area contributed by atoms with Gasteiger partial charge in [-0.3, -0.25) is 9.69 Å². The zero-order chi connectivity index (χ0) is 22.3. The molecule has 2 aromatic carbocycles. The third-order valence-electron chi connectivity index (χ3n) is 5.55. The van der Waals surface area contributed by atoms with E-state index in [1.165, 1.54) is 7.11 Å². The van der Waals surface area contributed by atoms with Crippen molar-refractivity contribution in [2.45, 2.75) is 6.54 Å². The summed E-state index contributed by atoms with van der Waals surface area (Å²) < 4.78 is 0. The quantitative estimate of drug-likeness (QED) is 0.481. The first-order chi connectivity index (χ1) is 15.6. The van der Waals surface area contributed by atoms with Crippen LogP contribution in [0.1, 0.15) is 27.0 Å². The molecule has 2 heterocycles. The summed E-state index contributed by atoms with van der Waals surface area (Å²) in [5.41, 5.74) is 10.2. The van der Waals surface area contributed by atoms with Crippen molar-refractivity contribution in [3.8, 4) is 0 Å². The Kier molecular flexibility index (Phi) is 6.77. The molecule has 4 rings (SSSR count). The molecule has 7 nitrogen and oxygen atoms in total. The summed E-state index contributed by atoms with van der Waals surface area (Å²) in [7, 11) is 1.53. The van der Waals surface area contributed by atoms with Crippen LogP contribution in [0, 0.1) is 0 Å². The zero-order valence-electron chi connectivity index (χ0n) is 18.1. The number of oxime groups is 1. The van der Waals surface area contributed by atoms with Gasteiger partial charge < -0.3 is 15.5 Å². The minimum atomic E-state index is 0.0503. The molecule has 1 aliphatic rings. The molecule has 164 valence electrons. The van der Waals surface area contributed by atoms with Gasteiger partial charge in [0, 0.05) is 55.6 Å². The zero-order valence-corrected chi connectivity index (χ0v) is 18.1. The third-order valence-corrected chi connectivity index (χ3v) is 5.55. The van der Waals surface area contributed by atoms with Gasteiger partial charge in [0.25, 0.3) is 5.91 Å². The van der Waals surface area contributed by atoms with E-state index >= 15 is 0 Å². The second-order valence-corrected chi connectivity index (χ2v) is 7.72. The third kappa shape index (κ3) is 5.12. The number of amides is 1. The summed E-state index contributed by atoms with van der Waals surface area (Å²) in [6, 6.07) is 21.3. The lowest BCUT2D eigenvalue weighted by molar-refractivity contribution is 0.0628. The highest BCUT2D eigenvalue weighted by molar-refractivity contribution is 6.12. The maximum absolute atomic E-state index is 13.0. The van der Waals surface area contributed by atoms with Gasteiger partial charge in [0.2, 0.25) is 0 Å². The molecule has 7 heteroatoms. The molecule has 1 fully saturated rings. The molecule has 1 aromatic heterocycles. The summed E-state index contributed by atoms with van der Waals surface area (Å²) in [4.78, 5) is 26.3. The van der Waals surface area contributed by atoms with Crippen LogP contribution in [0.15, 0.2) is 78.1 Å². The number of rotatable bonds is 6. The Morgan fingerprint density at radius 1 is 0.969 bits per heavy atom. The number of hydrogen-bond donors (Lipinski definition) is 1. The number of pyridine rings is 1. The molecular weight excluding hydrogens is 402 g/mol. The van der Waals surface area contributed by atoms with Crippen molar-refractivity contribution >= 4 is 17.4 Å². The van der Waals surface area contributed by atoms with Crippen LogP contribution in [0.4, 0.5) is 5.82 Å². The van der Waals surface area contributed by atoms with Gasteiger partial charge in [0.05, 0.1) is 0 Å². The summed E-state index contributed by atoms with van der Waals surface area (Å²) in [5, 5.41) is 4.18. The molecule has 0 spiro atoms. The number of nitrogens with zero attached hydrogens (tertiary/aromatic N) is 4. The normalized spacial score (nSPS) is 14.9. The number of carbonyl (C=O) groups excluding carboxylic acids is 1.